The van der Waals surface area contributed by atoms with Gasteiger partial charge in [0.05, 0.1) is 21.6 Å². The number of nitrogens with zero attached hydrogens (tertiary/aromatic N) is 2. The SMILES string of the molecule is CC(O)c1nc2cc(C(F)(F)F)c(Cl)cc2n1-c1c[c]ccc1. The first-order valence-electron chi connectivity index (χ1n) is 6.72. The summed E-state index contributed by atoms with van der Waals surface area (Å²) in [4.78, 5) is 4.14. The summed E-state index contributed by atoms with van der Waals surface area (Å²) in [6.45, 7) is 1.50. The van der Waals surface area contributed by atoms with Crippen LogP contribution in [-0.2, 0) is 6.18 Å². The van der Waals surface area contributed by atoms with Crippen LogP contribution >= 0.6 is 11.6 Å². The minimum atomic E-state index is -4.57. The van der Waals surface area contributed by atoms with E-state index in [0.29, 0.717) is 11.2 Å². The summed E-state index contributed by atoms with van der Waals surface area (Å²) in [5.41, 5.74) is 0.176. The molecular formula is C16H11ClF3N2O. The van der Waals surface area contributed by atoms with E-state index in [1.54, 1.807) is 28.8 Å². The second kappa shape index (κ2) is 5.54. The molecule has 23 heavy (non-hydrogen) atoms. The van der Waals surface area contributed by atoms with E-state index in [1.807, 2.05) is 0 Å². The van der Waals surface area contributed by atoms with Crippen molar-refractivity contribution in [1.29, 1.82) is 0 Å². The molecular weight excluding hydrogens is 329 g/mol. The molecule has 1 atom stereocenters. The molecule has 1 aromatic heterocycles. The standard InChI is InChI=1S/C16H11ClF3N2O/c1-9(23)15-21-13-7-11(16(18,19)20)12(17)8-14(13)22(15)10-5-3-2-4-6-10/h2-3,5-9,23H,1H3. The van der Waals surface area contributed by atoms with E-state index in [-0.39, 0.29) is 11.3 Å². The number of hydrogen-bond donors (Lipinski definition) is 1. The molecule has 3 rings (SSSR count). The highest BCUT2D eigenvalue weighted by Gasteiger charge is 2.34. The largest absolute Gasteiger partial charge is 0.417 e. The van der Waals surface area contributed by atoms with Crippen LogP contribution in [0.25, 0.3) is 16.7 Å². The normalized spacial score (nSPS) is 13.5. The molecule has 0 spiro atoms. The first kappa shape index (κ1) is 15.8. The Bertz CT molecular complexity index is 857. The van der Waals surface area contributed by atoms with Crippen molar-refractivity contribution in [3.63, 3.8) is 0 Å². The Balaban J connectivity index is 2.35. The van der Waals surface area contributed by atoms with E-state index >= 15 is 0 Å². The van der Waals surface area contributed by atoms with Gasteiger partial charge < -0.3 is 5.11 Å². The third-order valence-corrected chi connectivity index (χ3v) is 3.71. The molecule has 3 nitrogen and oxygen atoms in total. The maximum absolute atomic E-state index is 13.0. The zero-order chi connectivity index (χ0) is 16.8. The van der Waals surface area contributed by atoms with Gasteiger partial charge in [0, 0.05) is 5.69 Å². The summed E-state index contributed by atoms with van der Waals surface area (Å²) in [7, 11) is 0. The highest BCUT2D eigenvalue weighted by Crippen LogP contribution is 2.38. The molecule has 0 saturated heterocycles. The summed E-state index contributed by atoms with van der Waals surface area (Å²) in [5.74, 6) is 0.231. The van der Waals surface area contributed by atoms with E-state index in [9.17, 15) is 18.3 Å². The maximum atomic E-state index is 13.0. The molecule has 2 aromatic carbocycles. The van der Waals surface area contributed by atoms with Crippen molar-refractivity contribution in [3.05, 3.63) is 58.9 Å². The van der Waals surface area contributed by atoms with Gasteiger partial charge in [-0.15, -0.1) is 0 Å². The van der Waals surface area contributed by atoms with Gasteiger partial charge in [-0.3, -0.25) is 4.57 Å². The zero-order valence-corrected chi connectivity index (χ0v) is 12.7. The Morgan fingerprint density at radius 1 is 1.35 bits per heavy atom. The summed E-state index contributed by atoms with van der Waals surface area (Å²) in [6.07, 6.45) is -5.53. The van der Waals surface area contributed by atoms with Gasteiger partial charge in [0.1, 0.15) is 11.9 Å². The van der Waals surface area contributed by atoms with Crippen LogP contribution in [0.1, 0.15) is 24.4 Å². The molecule has 0 aliphatic carbocycles. The van der Waals surface area contributed by atoms with Gasteiger partial charge in [-0.1, -0.05) is 23.7 Å². The third kappa shape index (κ3) is 2.80. The van der Waals surface area contributed by atoms with Crippen LogP contribution in [0.3, 0.4) is 0 Å². The van der Waals surface area contributed by atoms with Crippen LogP contribution in [-0.4, -0.2) is 14.7 Å². The lowest BCUT2D eigenvalue weighted by Crippen LogP contribution is -2.06. The molecule has 1 radical (unpaired) electrons. The summed E-state index contributed by atoms with van der Waals surface area (Å²) < 4.78 is 40.5. The Hall–Kier alpha value is -2.05. The molecule has 119 valence electrons. The van der Waals surface area contributed by atoms with Gasteiger partial charge in [-0.25, -0.2) is 4.98 Å². The second-order valence-corrected chi connectivity index (χ2v) is 5.47. The van der Waals surface area contributed by atoms with Crippen molar-refractivity contribution in [2.24, 2.45) is 0 Å². The Kier molecular flexibility index (Phi) is 3.82. The molecule has 3 aromatic rings. The molecule has 0 amide bonds. The topological polar surface area (TPSA) is 38.1 Å². The van der Waals surface area contributed by atoms with Crippen molar-refractivity contribution in [2.45, 2.75) is 19.2 Å². The highest BCUT2D eigenvalue weighted by molar-refractivity contribution is 6.32. The number of rotatable bonds is 2. The van der Waals surface area contributed by atoms with E-state index in [2.05, 4.69) is 11.1 Å². The average molecular weight is 340 g/mol. The predicted molar refractivity (Wildman–Crippen MR) is 80.6 cm³/mol. The fourth-order valence-corrected chi connectivity index (χ4v) is 2.67. The number of imidazole rings is 1. The Morgan fingerprint density at radius 3 is 2.65 bits per heavy atom. The lowest BCUT2D eigenvalue weighted by Gasteiger charge is -2.12. The zero-order valence-electron chi connectivity index (χ0n) is 11.9. The Morgan fingerprint density at radius 2 is 2.09 bits per heavy atom. The van der Waals surface area contributed by atoms with Crippen LogP contribution in [0.2, 0.25) is 5.02 Å². The van der Waals surface area contributed by atoms with E-state index in [1.165, 1.54) is 13.0 Å². The fourth-order valence-electron chi connectivity index (χ4n) is 2.41. The van der Waals surface area contributed by atoms with Gasteiger partial charge in [0.15, 0.2) is 0 Å². The van der Waals surface area contributed by atoms with Crippen LogP contribution in [0, 0.1) is 6.07 Å². The highest BCUT2D eigenvalue weighted by atomic mass is 35.5. The van der Waals surface area contributed by atoms with Crippen LogP contribution in [0.5, 0.6) is 0 Å². The van der Waals surface area contributed by atoms with Gasteiger partial charge in [-0.2, -0.15) is 13.2 Å². The summed E-state index contributed by atoms with van der Waals surface area (Å²) >= 11 is 5.80. The number of aromatic nitrogens is 2. The number of aliphatic hydroxyl groups excluding tert-OH is 1. The van der Waals surface area contributed by atoms with E-state index < -0.39 is 22.9 Å². The number of hydrogen-bond acceptors (Lipinski definition) is 2. The van der Waals surface area contributed by atoms with Crippen molar-refractivity contribution in [1.82, 2.24) is 9.55 Å². The van der Waals surface area contributed by atoms with Crippen LogP contribution in [0.4, 0.5) is 13.2 Å². The molecule has 1 N–H and O–H groups in total. The number of aliphatic hydroxyl groups is 1. The van der Waals surface area contributed by atoms with Gasteiger partial charge in [0.25, 0.3) is 0 Å². The summed E-state index contributed by atoms with van der Waals surface area (Å²) in [5, 5.41) is 9.50. The molecule has 0 bridgehead atoms. The smallest absolute Gasteiger partial charge is 0.385 e. The van der Waals surface area contributed by atoms with E-state index in [4.69, 9.17) is 11.6 Å². The number of benzene rings is 2. The van der Waals surface area contributed by atoms with Gasteiger partial charge in [-0.05, 0) is 37.3 Å². The number of alkyl halides is 3. The lowest BCUT2D eigenvalue weighted by atomic mass is 10.2. The minimum absolute atomic E-state index is 0.112. The average Bonchev–Trinajstić information content (AvgIpc) is 2.85. The van der Waals surface area contributed by atoms with E-state index in [0.717, 1.165) is 6.07 Å². The molecule has 7 heteroatoms. The number of halogens is 4. The third-order valence-electron chi connectivity index (χ3n) is 3.40. The predicted octanol–water partition coefficient (Wildman–Crippen LogP) is 4.55. The molecule has 0 aliphatic rings. The molecule has 1 unspecified atom stereocenters. The van der Waals surface area contributed by atoms with Crippen LogP contribution in [0.15, 0.2) is 36.4 Å². The van der Waals surface area contributed by atoms with Crippen molar-refractivity contribution < 1.29 is 18.3 Å². The first-order chi connectivity index (χ1) is 10.8. The van der Waals surface area contributed by atoms with Crippen LogP contribution < -0.4 is 0 Å². The quantitative estimate of drug-likeness (QED) is 0.743. The second-order valence-electron chi connectivity index (χ2n) is 5.06. The van der Waals surface area contributed by atoms with Crippen molar-refractivity contribution >= 4 is 22.6 Å². The van der Waals surface area contributed by atoms with Gasteiger partial charge >= 0.3 is 6.18 Å². The molecule has 0 aliphatic heterocycles. The minimum Gasteiger partial charge on any atom is -0.385 e. The molecule has 0 fully saturated rings. The molecule has 0 saturated carbocycles. The first-order valence-corrected chi connectivity index (χ1v) is 7.10. The van der Waals surface area contributed by atoms with Gasteiger partial charge in [0.2, 0.25) is 0 Å². The fraction of sp³-hybridized carbons (Fsp3) is 0.188. The molecule has 1 heterocycles. The monoisotopic (exact) mass is 339 g/mol. The number of fused-ring (bicyclic) bond motifs is 1. The van der Waals surface area contributed by atoms with Crippen molar-refractivity contribution in [2.75, 3.05) is 0 Å². The Labute approximate surface area is 134 Å². The lowest BCUT2D eigenvalue weighted by molar-refractivity contribution is -0.137. The maximum Gasteiger partial charge on any atom is 0.417 e. The van der Waals surface area contributed by atoms with Crippen molar-refractivity contribution in [3.8, 4) is 5.69 Å². The summed E-state index contributed by atoms with van der Waals surface area (Å²) in [6, 6.07) is 11.8.